The summed E-state index contributed by atoms with van der Waals surface area (Å²) in [6.45, 7) is 0. The van der Waals surface area contributed by atoms with Crippen LogP contribution in [0, 0.1) is 0 Å². The van der Waals surface area contributed by atoms with Gasteiger partial charge in [-0.15, -0.1) is 0 Å². The molecular formula is C13H17N3O3. The molecule has 0 bridgehead atoms. The van der Waals surface area contributed by atoms with Crippen LogP contribution in [0.4, 0.5) is 5.95 Å². The van der Waals surface area contributed by atoms with E-state index in [1.807, 2.05) is 12.1 Å². The van der Waals surface area contributed by atoms with Crippen molar-refractivity contribution >= 4 is 5.95 Å². The van der Waals surface area contributed by atoms with Crippen LogP contribution in [0.3, 0.4) is 0 Å². The van der Waals surface area contributed by atoms with Gasteiger partial charge in [0.05, 0.1) is 33.2 Å². The van der Waals surface area contributed by atoms with Gasteiger partial charge in [0.1, 0.15) is 0 Å². The quantitative estimate of drug-likeness (QED) is 0.865. The summed E-state index contributed by atoms with van der Waals surface area (Å²) in [6, 6.07) is 3.74. The van der Waals surface area contributed by atoms with Crippen LogP contribution in [0.25, 0.3) is 11.3 Å². The zero-order chi connectivity index (χ0) is 13.8. The van der Waals surface area contributed by atoms with Gasteiger partial charge in [0.2, 0.25) is 5.75 Å². The first-order chi connectivity index (χ1) is 9.23. The van der Waals surface area contributed by atoms with Crippen molar-refractivity contribution < 1.29 is 14.2 Å². The smallest absolute Gasteiger partial charge is 0.203 e. The highest BCUT2D eigenvalue weighted by Crippen LogP contribution is 2.40. The molecule has 1 aromatic carbocycles. The Labute approximate surface area is 111 Å². The highest BCUT2D eigenvalue weighted by atomic mass is 16.5. The largest absolute Gasteiger partial charge is 0.493 e. The minimum Gasteiger partial charge on any atom is -0.493 e. The second-order valence-corrected chi connectivity index (χ2v) is 3.81. The lowest BCUT2D eigenvalue weighted by atomic mass is 10.1. The Morgan fingerprint density at radius 1 is 1.05 bits per heavy atom. The van der Waals surface area contributed by atoms with Gasteiger partial charge in [0.15, 0.2) is 17.4 Å². The lowest BCUT2D eigenvalue weighted by molar-refractivity contribution is 0.324. The molecule has 0 saturated carbocycles. The number of benzene rings is 1. The van der Waals surface area contributed by atoms with Gasteiger partial charge in [-0.3, -0.25) is 0 Å². The maximum Gasteiger partial charge on any atom is 0.203 e. The van der Waals surface area contributed by atoms with Crippen molar-refractivity contribution in [2.75, 3.05) is 33.7 Å². The zero-order valence-electron chi connectivity index (χ0n) is 11.4. The van der Waals surface area contributed by atoms with E-state index >= 15 is 0 Å². The molecule has 2 N–H and O–H groups in total. The molecule has 0 unspecified atom stereocenters. The van der Waals surface area contributed by atoms with E-state index in [1.54, 1.807) is 34.6 Å². The molecule has 0 aliphatic carbocycles. The van der Waals surface area contributed by atoms with E-state index in [4.69, 9.17) is 14.2 Å². The third kappa shape index (κ3) is 2.42. The van der Waals surface area contributed by atoms with Crippen molar-refractivity contribution in [1.29, 1.82) is 0 Å². The SMILES string of the molecule is CNc1ncc(-c2cc(OC)c(OC)c(OC)c2)[nH]1. The maximum absolute atomic E-state index is 5.32. The van der Waals surface area contributed by atoms with Gasteiger partial charge >= 0.3 is 0 Å². The van der Waals surface area contributed by atoms with Crippen LogP contribution in [0.2, 0.25) is 0 Å². The van der Waals surface area contributed by atoms with Gasteiger partial charge in [-0.2, -0.15) is 0 Å². The van der Waals surface area contributed by atoms with Crippen LogP contribution in [-0.2, 0) is 0 Å². The highest BCUT2D eigenvalue weighted by Gasteiger charge is 2.14. The Hall–Kier alpha value is -2.37. The predicted molar refractivity (Wildman–Crippen MR) is 73.2 cm³/mol. The van der Waals surface area contributed by atoms with Crippen molar-refractivity contribution in [1.82, 2.24) is 9.97 Å². The first-order valence-corrected chi connectivity index (χ1v) is 5.76. The molecule has 6 heteroatoms. The van der Waals surface area contributed by atoms with E-state index in [0.717, 1.165) is 11.3 Å². The molecule has 19 heavy (non-hydrogen) atoms. The normalized spacial score (nSPS) is 10.1. The number of imidazole rings is 1. The molecular weight excluding hydrogens is 246 g/mol. The fourth-order valence-electron chi connectivity index (χ4n) is 1.83. The Balaban J connectivity index is 2.51. The fourth-order valence-corrected chi connectivity index (χ4v) is 1.83. The molecule has 0 aliphatic heterocycles. The monoisotopic (exact) mass is 263 g/mol. The third-order valence-corrected chi connectivity index (χ3v) is 2.79. The number of rotatable bonds is 5. The van der Waals surface area contributed by atoms with Gasteiger partial charge in [-0.05, 0) is 12.1 Å². The second kappa shape index (κ2) is 5.51. The number of aromatic amines is 1. The van der Waals surface area contributed by atoms with Gasteiger partial charge < -0.3 is 24.5 Å². The van der Waals surface area contributed by atoms with Crippen molar-refractivity contribution in [3.8, 4) is 28.5 Å². The summed E-state index contributed by atoms with van der Waals surface area (Å²) in [5.74, 6) is 2.49. The van der Waals surface area contributed by atoms with E-state index in [1.165, 1.54) is 0 Å². The molecule has 0 saturated heterocycles. The van der Waals surface area contributed by atoms with Crippen LogP contribution in [-0.4, -0.2) is 38.3 Å². The van der Waals surface area contributed by atoms with Crippen LogP contribution >= 0.6 is 0 Å². The summed E-state index contributed by atoms with van der Waals surface area (Å²) in [6.07, 6.45) is 1.74. The average molecular weight is 263 g/mol. The Kier molecular flexibility index (Phi) is 3.79. The number of nitrogens with zero attached hydrogens (tertiary/aromatic N) is 1. The lowest BCUT2D eigenvalue weighted by Gasteiger charge is -2.13. The van der Waals surface area contributed by atoms with Crippen LogP contribution in [0.15, 0.2) is 18.3 Å². The van der Waals surface area contributed by atoms with Gasteiger partial charge in [-0.25, -0.2) is 4.98 Å². The third-order valence-electron chi connectivity index (χ3n) is 2.79. The molecule has 0 aliphatic rings. The summed E-state index contributed by atoms with van der Waals surface area (Å²) in [7, 11) is 6.56. The number of H-pyrrole nitrogens is 1. The van der Waals surface area contributed by atoms with Crippen molar-refractivity contribution in [2.24, 2.45) is 0 Å². The predicted octanol–water partition coefficient (Wildman–Crippen LogP) is 2.14. The molecule has 1 heterocycles. The van der Waals surface area contributed by atoms with E-state index in [-0.39, 0.29) is 0 Å². The summed E-state index contributed by atoms with van der Waals surface area (Å²) >= 11 is 0. The number of ether oxygens (including phenoxy) is 3. The van der Waals surface area contributed by atoms with Crippen LogP contribution in [0.1, 0.15) is 0 Å². The number of methoxy groups -OCH3 is 3. The van der Waals surface area contributed by atoms with Crippen LogP contribution in [0.5, 0.6) is 17.2 Å². The summed E-state index contributed by atoms with van der Waals surface area (Å²) < 4.78 is 15.9. The first kappa shape index (κ1) is 13.1. The molecule has 2 rings (SSSR count). The van der Waals surface area contributed by atoms with E-state index in [2.05, 4.69) is 15.3 Å². The molecule has 0 atom stereocenters. The Morgan fingerprint density at radius 3 is 2.11 bits per heavy atom. The number of hydrogen-bond acceptors (Lipinski definition) is 5. The van der Waals surface area contributed by atoms with Crippen LogP contribution < -0.4 is 19.5 Å². The Bertz CT molecular complexity index is 541. The van der Waals surface area contributed by atoms with Gasteiger partial charge in [-0.1, -0.05) is 0 Å². The molecule has 0 amide bonds. The molecule has 0 spiro atoms. The fraction of sp³-hybridized carbons (Fsp3) is 0.308. The van der Waals surface area contributed by atoms with Crippen molar-refractivity contribution in [3.63, 3.8) is 0 Å². The number of hydrogen-bond donors (Lipinski definition) is 2. The molecule has 102 valence electrons. The summed E-state index contributed by atoms with van der Waals surface area (Å²) in [5, 5.41) is 2.94. The average Bonchev–Trinajstić information content (AvgIpc) is 2.94. The number of nitrogens with one attached hydrogen (secondary N) is 2. The minimum absolute atomic E-state index is 0.571. The van der Waals surface area contributed by atoms with E-state index < -0.39 is 0 Å². The second-order valence-electron chi connectivity index (χ2n) is 3.81. The topological polar surface area (TPSA) is 68.4 Å². The minimum atomic E-state index is 0.571. The lowest BCUT2D eigenvalue weighted by Crippen LogP contribution is -1.96. The van der Waals surface area contributed by atoms with Gasteiger partial charge in [0, 0.05) is 12.6 Å². The summed E-state index contributed by atoms with van der Waals surface area (Å²) in [5.41, 5.74) is 1.77. The van der Waals surface area contributed by atoms with E-state index in [0.29, 0.717) is 23.2 Å². The van der Waals surface area contributed by atoms with Crippen molar-refractivity contribution in [3.05, 3.63) is 18.3 Å². The van der Waals surface area contributed by atoms with Gasteiger partial charge in [0.25, 0.3) is 0 Å². The Morgan fingerprint density at radius 2 is 1.68 bits per heavy atom. The number of aromatic nitrogens is 2. The van der Waals surface area contributed by atoms with E-state index in [9.17, 15) is 0 Å². The first-order valence-electron chi connectivity index (χ1n) is 5.76. The van der Waals surface area contributed by atoms with Crippen molar-refractivity contribution in [2.45, 2.75) is 0 Å². The molecule has 2 aromatic rings. The summed E-state index contributed by atoms with van der Waals surface area (Å²) in [4.78, 5) is 7.33. The molecule has 6 nitrogen and oxygen atoms in total. The highest BCUT2D eigenvalue weighted by molar-refractivity contribution is 5.69. The molecule has 0 fully saturated rings. The zero-order valence-corrected chi connectivity index (χ0v) is 11.4. The molecule has 0 radical (unpaired) electrons. The standard InChI is InChI=1S/C13H17N3O3/c1-14-13-15-7-9(16-13)8-5-10(17-2)12(19-4)11(6-8)18-3/h5-7H,1-4H3,(H2,14,15,16). The number of anilines is 1. The molecule has 1 aromatic heterocycles. The maximum atomic E-state index is 5.32.